The van der Waals surface area contributed by atoms with Crippen molar-refractivity contribution in [3.8, 4) is 61.8 Å². The quantitative estimate of drug-likeness (QED) is 0.126. The molecule has 0 radical (unpaired) electrons. The molecular formula is C51H43N3O. The molecule has 5 aromatic carbocycles. The molecule has 0 aliphatic rings. The molecule has 3 aromatic heterocycles. The molecule has 0 saturated carbocycles. The number of hydrogen-bond acceptors (Lipinski definition) is 4. The van der Waals surface area contributed by atoms with Gasteiger partial charge in [-0.25, -0.2) is 0 Å². The zero-order valence-electron chi connectivity index (χ0n) is 31.3. The fourth-order valence-corrected chi connectivity index (χ4v) is 7.27. The summed E-state index contributed by atoms with van der Waals surface area (Å²) in [5.41, 5.74) is 17.3. The van der Waals surface area contributed by atoms with E-state index in [4.69, 9.17) is 4.74 Å². The van der Waals surface area contributed by atoms with Gasteiger partial charge in [0.25, 0.3) is 0 Å². The maximum atomic E-state index is 6.04. The lowest BCUT2D eigenvalue weighted by Gasteiger charge is -2.17. The second-order valence-corrected chi connectivity index (χ2v) is 14.0. The molecule has 0 unspecified atom stereocenters. The van der Waals surface area contributed by atoms with Crippen LogP contribution in [0.4, 0.5) is 0 Å². The van der Waals surface area contributed by atoms with E-state index in [9.17, 15) is 0 Å². The lowest BCUT2D eigenvalue weighted by molar-refractivity contribution is 0.416. The molecule has 8 rings (SSSR count). The van der Waals surface area contributed by atoms with E-state index in [1.807, 2.05) is 48.9 Å². The summed E-state index contributed by atoms with van der Waals surface area (Å²) in [5, 5.41) is 0. The van der Waals surface area contributed by atoms with Gasteiger partial charge in [0.1, 0.15) is 5.75 Å². The average molecular weight is 714 g/mol. The van der Waals surface area contributed by atoms with Crippen LogP contribution >= 0.6 is 0 Å². The van der Waals surface area contributed by atoms with Gasteiger partial charge in [-0.05, 0) is 126 Å². The molecule has 4 nitrogen and oxygen atoms in total. The summed E-state index contributed by atoms with van der Waals surface area (Å²) in [5.74, 6) is 0.827. The second kappa shape index (κ2) is 16.6. The summed E-state index contributed by atoms with van der Waals surface area (Å²) >= 11 is 0. The highest BCUT2D eigenvalue weighted by molar-refractivity contribution is 5.87. The first-order valence-corrected chi connectivity index (χ1v) is 18.9. The molecule has 0 atom stereocenters. The van der Waals surface area contributed by atoms with E-state index >= 15 is 0 Å². The van der Waals surface area contributed by atoms with Crippen LogP contribution in [0.3, 0.4) is 0 Å². The number of aryl methyl sites for hydroxylation is 5. The Morgan fingerprint density at radius 3 is 1.45 bits per heavy atom. The molecule has 268 valence electrons. The van der Waals surface area contributed by atoms with Crippen LogP contribution in [0.2, 0.25) is 0 Å². The van der Waals surface area contributed by atoms with Crippen molar-refractivity contribution in [3.63, 3.8) is 0 Å². The van der Waals surface area contributed by atoms with Crippen molar-refractivity contribution >= 4 is 0 Å². The van der Waals surface area contributed by atoms with Gasteiger partial charge in [0.15, 0.2) is 0 Å². The SMILES string of the molecule is COc1cc(-c2cc(C)ccn2)ccc1-c1ccccc1-c1cc(CCc2ccc(-c3ccccn3)cc2)cc(CCc2ccc(-c3ccccn3)cc2)c1. The Balaban J connectivity index is 1.10. The minimum absolute atomic E-state index is 0.827. The van der Waals surface area contributed by atoms with Crippen molar-refractivity contribution in [2.24, 2.45) is 0 Å². The van der Waals surface area contributed by atoms with E-state index in [-0.39, 0.29) is 0 Å². The van der Waals surface area contributed by atoms with E-state index in [0.717, 1.165) is 76.3 Å². The summed E-state index contributed by atoms with van der Waals surface area (Å²) in [6.45, 7) is 2.09. The third-order valence-corrected chi connectivity index (χ3v) is 10.2. The Morgan fingerprint density at radius 1 is 0.382 bits per heavy atom. The molecule has 0 N–H and O–H groups in total. The topological polar surface area (TPSA) is 47.9 Å². The minimum Gasteiger partial charge on any atom is -0.496 e. The number of benzene rings is 5. The highest BCUT2D eigenvalue weighted by Gasteiger charge is 2.15. The molecule has 0 spiro atoms. The number of hydrogen-bond donors (Lipinski definition) is 0. The monoisotopic (exact) mass is 713 g/mol. The summed E-state index contributed by atoms with van der Waals surface area (Å²) < 4.78 is 6.04. The maximum Gasteiger partial charge on any atom is 0.127 e. The molecule has 55 heavy (non-hydrogen) atoms. The van der Waals surface area contributed by atoms with Crippen molar-refractivity contribution < 1.29 is 4.74 Å². The van der Waals surface area contributed by atoms with Gasteiger partial charge in [-0.15, -0.1) is 0 Å². The fourth-order valence-electron chi connectivity index (χ4n) is 7.27. The number of rotatable bonds is 12. The molecule has 0 fully saturated rings. The van der Waals surface area contributed by atoms with Gasteiger partial charge in [0.05, 0.1) is 24.2 Å². The predicted octanol–water partition coefficient (Wildman–Crippen LogP) is 12.1. The van der Waals surface area contributed by atoms with Crippen LogP contribution in [0.15, 0.2) is 176 Å². The number of pyridine rings is 3. The molecular weight excluding hydrogens is 671 g/mol. The van der Waals surface area contributed by atoms with Crippen LogP contribution in [0, 0.1) is 6.92 Å². The zero-order valence-corrected chi connectivity index (χ0v) is 31.3. The highest BCUT2D eigenvalue weighted by atomic mass is 16.5. The van der Waals surface area contributed by atoms with E-state index in [1.165, 1.54) is 38.9 Å². The Labute approximate surface area is 324 Å². The van der Waals surface area contributed by atoms with Gasteiger partial charge in [0.2, 0.25) is 0 Å². The van der Waals surface area contributed by atoms with Gasteiger partial charge >= 0.3 is 0 Å². The van der Waals surface area contributed by atoms with Crippen LogP contribution in [-0.2, 0) is 25.7 Å². The Bertz CT molecular complexity index is 2410. The van der Waals surface area contributed by atoms with E-state index < -0.39 is 0 Å². The normalized spacial score (nSPS) is 11.0. The largest absolute Gasteiger partial charge is 0.496 e. The third kappa shape index (κ3) is 8.45. The van der Waals surface area contributed by atoms with E-state index in [2.05, 4.69) is 149 Å². The molecule has 8 aromatic rings. The summed E-state index contributed by atoms with van der Waals surface area (Å²) in [4.78, 5) is 13.7. The van der Waals surface area contributed by atoms with Gasteiger partial charge in [-0.1, -0.05) is 109 Å². The van der Waals surface area contributed by atoms with Crippen molar-refractivity contribution in [1.82, 2.24) is 15.0 Å². The maximum absolute atomic E-state index is 6.04. The minimum atomic E-state index is 0.827. The van der Waals surface area contributed by atoms with Gasteiger partial charge in [-0.2, -0.15) is 0 Å². The first-order valence-electron chi connectivity index (χ1n) is 18.9. The Morgan fingerprint density at radius 2 is 0.909 bits per heavy atom. The van der Waals surface area contributed by atoms with Crippen LogP contribution in [0.25, 0.3) is 56.0 Å². The molecule has 4 heteroatoms. The predicted molar refractivity (Wildman–Crippen MR) is 226 cm³/mol. The van der Waals surface area contributed by atoms with Gasteiger partial charge < -0.3 is 4.74 Å². The molecule has 0 saturated heterocycles. The van der Waals surface area contributed by atoms with Gasteiger partial charge in [-0.3, -0.25) is 15.0 Å². The van der Waals surface area contributed by atoms with Crippen molar-refractivity contribution in [2.45, 2.75) is 32.6 Å². The lowest BCUT2D eigenvalue weighted by atomic mass is 9.89. The first kappa shape index (κ1) is 35.4. The smallest absolute Gasteiger partial charge is 0.127 e. The first-order chi connectivity index (χ1) is 27.1. The number of aromatic nitrogens is 3. The summed E-state index contributed by atoms with van der Waals surface area (Å²) in [6.07, 6.45) is 9.32. The standard InChI is InChI=1S/C51H43N3O/c1-36-27-30-54-50(31-36)43-25-26-47(51(35-43)55-2)46-10-4-3-9-45(46)44-33-39(15-13-37-17-21-41(22-18-37)48-11-5-7-28-52-48)32-40(34-44)16-14-38-19-23-42(24-20-38)49-12-6-8-29-53-49/h3-12,17-35H,13-16H2,1-2H3. The molecule has 0 aliphatic heterocycles. The molecule has 0 aliphatic carbocycles. The number of ether oxygens (including phenoxy) is 1. The van der Waals surface area contributed by atoms with Crippen molar-refractivity contribution in [1.29, 1.82) is 0 Å². The van der Waals surface area contributed by atoms with Crippen LogP contribution < -0.4 is 4.74 Å². The molecule has 3 heterocycles. The zero-order chi connectivity index (χ0) is 37.4. The summed E-state index contributed by atoms with van der Waals surface area (Å²) in [7, 11) is 1.75. The van der Waals surface area contributed by atoms with Crippen LogP contribution in [0.1, 0.15) is 27.8 Å². The average Bonchev–Trinajstić information content (AvgIpc) is 3.25. The number of methoxy groups -OCH3 is 1. The van der Waals surface area contributed by atoms with E-state index in [1.54, 1.807) is 7.11 Å². The summed E-state index contributed by atoms with van der Waals surface area (Å²) in [6, 6.07) is 56.2. The molecule has 0 bridgehead atoms. The fraction of sp³-hybridized carbons (Fsp3) is 0.118. The Kier molecular flexibility index (Phi) is 10.7. The van der Waals surface area contributed by atoms with Gasteiger partial charge in [0, 0.05) is 40.8 Å². The van der Waals surface area contributed by atoms with Crippen LogP contribution in [-0.4, -0.2) is 22.1 Å². The Hall–Kier alpha value is -6.65. The third-order valence-electron chi connectivity index (χ3n) is 10.2. The van der Waals surface area contributed by atoms with Crippen molar-refractivity contribution in [3.05, 3.63) is 204 Å². The van der Waals surface area contributed by atoms with Crippen LogP contribution in [0.5, 0.6) is 5.75 Å². The van der Waals surface area contributed by atoms with Crippen molar-refractivity contribution in [2.75, 3.05) is 7.11 Å². The highest BCUT2D eigenvalue weighted by Crippen LogP contribution is 2.40. The van der Waals surface area contributed by atoms with E-state index in [0.29, 0.717) is 0 Å². The molecule has 0 amide bonds. The lowest BCUT2D eigenvalue weighted by Crippen LogP contribution is -1.98. The number of nitrogens with zero attached hydrogens (tertiary/aromatic N) is 3. The second-order valence-electron chi connectivity index (χ2n) is 14.0.